The monoisotopic (exact) mass is 281 g/mol. The lowest BCUT2D eigenvalue weighted by atomic mass is 10.1. The highest BCUT2D eigenvalue weighted by atomic mass is 16.4. The Morgan fingerprint density at radius 1 is 1.29 bits per heavy atom. The number of fused-ring (bicyclic) bond motifs is 1. The Balaban J connectivity index is 1.92. The van der Waals surface area contributed by atoms with Gasteiger partial charge in [-0.05, 0) is 36.4 Å². The van der Waals surface area contributed by atoms with Gasteiger partial charge in [0.1, 0.15) is 11.5 Å². The van der Waals surface area contributed by atoms with E-state index < -0.39 is 5.97 Å². The summed E-state index contributed by atoms with van der Waals surface area (Å²) in [6.45, 7) is 1.85. The number of furan rings is 1. The normalized spacial score (nSPS) is 12.4. The van der Waals surface area contributed by atoms with Gasteiger partial charge in [0.25, 0.3) is 0 Å². The highest BCUT2D eigenvalue weighted by molar-refractivity contribution is 5.83. The molecule has 0 aliphatic carbocycles. The fourth-order valence-electron chi connectivity index (χ4n) is 2.36. The van der Waals surface area contributed by atoms with E-state index in [1.54, 1.807) is 6.20 Å². The average molecular weight is 281 g/mol. The van der Waals surface area contributed by atoms with Crippen LogP contribution in [0.15, 0.2) is 53.1 Å². The second-order valence-corrected chi connectivity index (χ2v) is 5.11. The summed E-state index contributed by atoms with van der Waals surface area (Å²) in [7, 11) is 0. The van der Waals surface area contributed by atoms with Crippen molar-refractivity contribution in [2.75, 3.05) is 0 Å². The summed E-state index contributed by atoms with van der Waals surface area (Å²) in [4.78, 5) is 15.0. The van der Waals surface area contributed by atoms with Gasteiger partial charge in [0.15, 0.2) is 0 Å². The Kier molecular flexibility index (Phi) is 3.44. The second kappa shape index (κ2) is 5.40. The third-order valence-electron chi connectivity index (χ3n) is 3.48. The van der Waals surface area contributed by atoms with Crippen LogP contribution in [0.4, 0.5) is 0 Å². The summed E-state index contributed by atoms with van der Waals surface area (Å²) in [6.07, 6.45) is 1.83. The first-order valence-corrected chi connectivity index (χ1v) is 6.80. The van der Waals surface area contributed by atoms with Gasteiger partial charge in [-0.1, -0.05) is 13.0 Å². The molecule has 1 aromatic carbocycles. The number of carboxylic acids is 1. The van der Waals surface area contributed by atoms with E-state index in [0.29, 0.717) is 5.76 Å². The lowest BCUT2D eigenvalue weighted by Gasteiger charge is -2.05. The number of hydrogen-bond acceptors (Lipinski definition) is 3. The smallest absolute Gasteiger partial charge is 0.304 e. The predicted octanol–water partition coefficient (Wildman–Crippen LogP) is 4.07. The fourth-order valence-corrected chi connectivity index (χ4v) is 2.36. The number of benzene rings is 1. The van der Waals surface area contributed by atoms with Gasteiger partial charge in [-0.15, -0.1) is 0 Å². The van der Waals surface area contributed by atoms with Crippen LogP contribution in [0.1, 0.15) is 25.0 Å². The van der Waals surface area contributed by atoms with E-state index in [1.165, 1.54) is 0 Å². The van der Waals surface area contributed by atoms with Crippen LogP contribution in [0.2, 0.25) is 0 Å². The van der Waals surface area contributed by atoms with Crippen molar-refractivity contribution >= 4 is 16.9 Å². The molecule has 0 amide bonds. The summed E-state index contributed by atoms with van der Waals surface area (Å²) >= 11 is 0. The topological polar surface area (TPSA) is 63.3 Å². The number of carboxylic acid groups (broad SMARTS) is 1. The fraction of sp³-hybridized carbons (Fsp3) is 0.176. The zero-order valence-electron chi connectivity index (χ0n) is 11.6. The zero-order chi connectivity index (χ0) is 14.8. The second-order valence-electron chi connectivity index (χ2n) is 5.11. The molecule has 2 aromatic heterocycles. The third kappa shape index (κ3) is 2.79. The quantitative estimate of drug-likeness (QED) is 0.782. The van der Waals surface area contributed by atoms with Crippen LogP contribution in [-0.4, -0.2) is 16.1 Å². The number of nitrogens with zero attached hydrogens (tertiary/aromatic N) is 1. The highest BCUT2D eigenvalue weighted by Gasteiger charge is 2.15. The van der Waals surface area contributed by atoms with E-state index in [1.807, 2.05) is 49.4 Å². The Morgan fingerprint density at radius 2 is 2.14 bits per heavy atom. The summed E-state index contributed by atoms with van der Waals surface area (Å²) in [5, 5.41) is 9.89. The Hall–Kier alpha value is -2.62. The van der Waals surface area contributed by atoms with Crippen LogP contribution >= 0.6 is 0 Å². The van der Waals surface area contributed by atoms with E-state index >= 15 is 0 Å². The lowest BCUT2D eigenvalue weighted by molar-refractivity contribution is -0.137. The summed E-state index contributed by atoms with van der Waals surface area (Å²) in [6, 6.07) is 13.6. The number of pyridine rings is 1. The average Bonchev–Trinajstić information content (AvgIpc) is 2.96. The molecule has 0 spiro atoms. The molecule has 3 rings (SSSR count). The van der Waals surface area contributed by atoms with Gasteiger partial charge < -0.3 is 9.52 Å². The van der Waals surface area contributed by atoms with Crippen LogP contribution in [0.5, 0.6) is 0 Å². The van der Waals surface area contributed by atoms with Crippen molar-refractivity contribution < 1.29 is 14.3 Å². The van der Waals surface area contributed by atoms with Crippen LogP contribution < -0.4 is 0 Å². The van der Waals surface area contributed by atoms with Gasteiger partial charge in [-0.2, -0.15) is 0 Å². The lowest BCUT2D eigenvalue weighted by Crippen LogP contribution is -2.01. The molecule has 4 nitrogen and oxygen atoms in total. The molecule has 0 aliphatic heterocycles. The summed E-state index contributed by atoms with van der Waals surface area (Å²) < 4.78 is 5.80. The van der Waals surface area contributed by atoms with Crippen molar-refractivity contribution in [2.24, 2.45) is 0 Å². The first kappa shape index (κ1) is 13.4. The van der Waals surface area contributed by atoms with Gasteiger partial charge >= 0.3 is 5.97 Å². The maximum atomic E-state index is 10.8. The van der Waals surface area contributed by atoms with Gasteiger partial charge in [0.05, 0.1) is 11.9 Å². The number of aromatic nitrogens is 1. The number of carbonyl (C=O) groups is 1. The molecule has 0 saturated carbocycles. The van der Waals surface area contributed by atoms with Crippen molar-refractivity contribution in [1.29, 1.82) is 0 Å². The van der Waals surface area contributed by atoms with Crippen molar-refractivity contribution in [1.82, 2.24) is 4.98 Å². The molecule has 3 aromatic rings. The van der Waals surface area contributed by atoms with E-state index in [-0.39, 0.29) is 12.3 Å². The molecular formula is C17H15NO3. The standard InChI is InChI=1S/C17H15NO3/c1-11(9-17(19)20)15-6-7-16(21-15)13-4-5-14-12(10-13)3-2-8-18-14/h2-8,10-11H,9H2,1H3,(H,19,20). The van der Waals surface area contributed by atoms with Crippen LogP contribution in [0, 0.1) is 0 Å². The molecule has 0 bridgehead atoms. The van der Waals surface area contributed by atoms with Crippen molar-refractivity contribution in [2.45, 2.75) is 19.3 Å². The minimum absolute atomic E-state index is 0.0641. The summed E-state index contributed by atoms with van der Waals surface area (Å²) in [5.41, 5.74) is 1.90. The number of aliphatic carboxylic acids is 1. The molecule has 4 heteroatoms. The van der Waals surface area contributed by atoms with Gasteiger partial charge in [0, 0.05) is 23.1 Å². The molecule has 0 fully saturated rings. The molecule has 1 atom stereocenters. The molecule has 0 radical (unpaired) electrons. The molecule has 106 valence electrons. The Morgan fingerprint density at radius 3 is 2.95 bits per heavy atom. The first-order valence-electron chi connectivity index (χ1n) is 6.80. The van der Waals surface area contributed by atoms with Crippen LogP contribution in [0.3, 0.4) is 0 Å². The number of hydrogen-bond donors (Lipinski definition) is 1. The number of rotatable bonds is 4. The minimum Gasteiger partial charge on any atom is -0.481 e. The maximum Gasteiger partial charge on any atom is 0.304 e. The highest BCUT2D eigenvalue weighted by Crippen LogP contribution is 2.29. The predicted molar refractivity (Wildman–Crippen MR) is 80.1 cm³/mol. The Labute approximate surface area is 122 Å². The molecule has 1 N–H and O–H groups in total. The summed E-state index contributed by atoms with van der Waals surface area (Å²) in [5.74, 6) is 0.474. The van der Waals surface area contributed by atoms with Crippen LogP contribution in [0.25, 0.3) is 22.2 Å². The van der Waals surface area contributed by atoms with Gasteiger partial charge in [-0.25, -0.2) is 0 Å². The van der Waals surface area contributed by atoms with E-state index in [4.69, 9.17) is 9.52 Å². The van der Waals surface area contributed by atoms with E-state index in [9.17, 15) is 4.79 Å². The molecule has 2 heterocycles. The molecule has 0 aliphatic rings. The molecular weight excluding hydrogens is 266 g/mol. The molecule has 21 heavy (non-hydrogen) atoms. The van der Waals surface area contributed by atoms with Crippen molar-refractivity contribution in [3.05, 3.63) is 54.4 Å². The molecule has 0 saturated heterocycles. The van der Waals surface area contributed by atoms with E-state index in [0.717, 1.165) is 22.2 Å². The third-order valence-corrected chi connectivity index (χ3v) is 3.48. The SMILES string of the molecule is CC(CC(=O)O)c1ccc(-c2ccc3ncccc3c2)o1. The molecule has 1 unspecified atom stereocenters. The zero-order valence-corrected chi connectivity index (χ0v) is 11.6. The van der Waals surface area contributed by atoms with Crippen molar-refractivity contribution in [3.8, 4) is 11.3 Å². The maximum absolute atomic E-state index is 10.8. The van der Waals surface area contributed by atoms with Crippen LogP contribution in [-0.2, 0) is 4.79 Å². The van der Waals surface area contributed by atoms with E-state index in [2.05, 4.69) is 4.98 Å². The minimum atomic E-state index is -0.822. The van der Waals surface area contributed by atoms with Crippen molar-refractivity contribution in [3.63, 3.8) is 0 Å². The first-order chi connectivity index (χ1) is 10.1. The van der Waals surface area contributed by atoms with Gasteiger partial charge in [0.2, 0.25) is 0 Å². The largest absolute Gasteiger partial charge is 0.481 e. The Bertz CT molecular complexity index is 791. The van der Waals surface area contributed by atoms with Gasteiger partial charge in [-0.3, -0.25) is 9.78 Å².